The standard InChI is InChI=1S/C28H24FN2O.C20H26GeN.Ir/c1-4-28(3,5-2)20-11-12-30-23(14-20)19-13-25-27(31-17-19)26-22(18-9-7-6-8-10-18)15-21(29)16-24(26)32-25;1-21(2,3)19-15-22-20(17-11-5-4-6-12-17)14-18(19)13-16-9-7-8-10-16;/h6-12,14-17H,4-5H2,1-3H3;4-6,11,14-16H,7-10,13H2,1-3H3;/q2*-1;. The predicted octanol–water partition coefficient (Wildman–Crippen LogP) is 12.6. The Kier molecular flexibility index (Phi) is 12.9. The summed E-state index contributed by atoms with van der Waals surface area (Å²) in [6, 6.07) is 34.0. The maximum absolute atomic E-state index is 14.4. The first-order chi connectivity index (χ1) is 26.1. The van der Waals surface area contributed by atoms with Gasteiger partial charge >= 0.3 is 137 Å². The molecule has 0 amide bonds. The van der Waals surface area contributed by atoms with Crippen LogP contribution in [0.1, 0.15) is 70.4 Å². The number of nitrogens with zero attached hydrogens (tertiary/aromatic N) is 3. The Morgan fingerprint density at radius 3 is 2.25 bits per heavy atom. The van der Waals surface area contributed by atoms with Gasteiger partial charge in [-0.3, -0.25) is 0 Å². The molecular weight excluding hydrogens is 918 g/mol. The second-order valence-corrected chi connectivity index (χ2v) is 26.6. The second-order valence-electron chi connectivity index (χ2n) is 16.1. The van der Waals surface area contributed by atoms with Crippen LogP contribution in [0, 0.1) is 23.9 Å². The van der Waals surface area contributed by atoms with Crippen LogP contribution in [-0.4, -0.2) is 28.2 Å². The van der Waals surface area contributed by atoms with Gasteiger partial charge < -0.3 is 14.4 Å². The third kappa shape index (κ3) is 9.03. The molecule has 285 valence electrons. The summed E-state index contributed by atoms with van der Waals surface area (Å²) in [5, 5.41) is 0.793. The topological polar surface area (TPSA) is 51.8 Å². The van der Waals surface area contributed by atoms with Crippen LogP contribution in [0.3, 0.4) is 0 Å². The molecular formula is C48H50FGeIrN3O-2. The fourth-order valence-corrected chi connectivity index (χ4v) is 11.2. The van der Waals surface area contributed by atoms with Crippen molar-refractivity contribution in [3.8, 4) is 33.6 Å². The first kappa shape index (κ1) is 40.7. The largest absolute Gasteiger partial charge is 0 e. The summed E-state index contributed by atoms with van der Waals surface area (Å²) in [7, 11) is 0. The van der Waals surface area contributed by atoms with Crippen molar-refractivity contribution < 1.29 is 28.9 Å². The van der Waals surface area contributed by atoms with Crippen LogP contribution in [0.4, 0.5) is 4.39 Å². The van der Waals surface area contributed by atoms with Crippen molar-refractivity contribution in [2.45, 2.75) is 88.4 Å². The van der Waals surface area contributed by atoms with E-state index in [9.17, 15) is 4.39 Å². The molecule has 4 heterocycles. The van der Waals surface area contributed by atoms with Crippen molar-refractivity contribution in [2.24, 2.45) is 5.92 Å². The SMILES string of the molecule is CCC(C)(CC)c1ccnc(-c2[c-]c3oc4cc(F)cc(-c5ccccc5)c4c3nc2)c1.[CH3][Ge]([CH3])([CH3])[c]1cnc(-c2[c-]cccc2)cc1CC1CCCC1.[Ir]. The summed E-state index contributed by atoms with van der Waals surface area (Å²) in [4.78, 5) is 14.0. The van der Waals surface area contributed by atoms with Crippen LogP contribution >= 0.6 is 0 Å². The number of hydrogen-bond acceptors (Lipinski definition) is 4. The minimum atomic E-state index is -1.87. The summed E-state index contributed by atoms with van der Waals surface area (Å²) in [6.07, 6.45) is 14.8. The zero-order valence-corrected chi connectivity index (χ0v) is 37.3. The van der Waals surface area contributed by atoms with Crippen LogP contribution in [0.15, 0.2) is 108 Å². The predicted molar refractivity (Wildman–Crippen MR) is 224 cm³/mol. The van der Waals surface area contributed by atoms with Gasteiger partial charge in [-0.15, -0.1) is 5.56 Å². The molecule has 0 aliphatic heterocycles. The average Bonchev–Trinajstić information content (AvgIpc) is 3.85. The van der Waals surface area contributed by atoms with Gasteiger partial charge in [-0.2, -0.15) is 0 Å². The Morgan fingerprint density at radius 2 is 1.56 bits per heavy atom. The normalized spacial score (nSPS) is 13.4. The number of hydrogen-bond donors (Lipinski definition) is 0. The average molecular weight is 969 g/mol. The summed E-state index contributed by atoms with van der Waals surface area (Å²) < 4.78 is 22.0. The third-order valence-corrected chi connectivity index (χ3v) is 15.8. The van der Waals surface area contributed by atoms with Gasteiger partial charge in [-0.05, 0) is 52.8 Å². The van der Waals surface area contributed by atoms with Crippen LogP contribution in [-0.2, 0) is 31.9 Å². The Bertz CT molecular complexity index is 2360. The zero-order valence-electron chi connectivity index (χ0n) is 32.8. The zero-order chi connectivity index (χ0) is 37.9. The van der Waals surface area contributed by atoms with Crippen LogP contribution in [0.25, 0.3) is 55.7 Å². The first-order valence-electron chi connectivity index (χ1n) is 19.5. The molecule has 3 aromatic carbocycles. The molecule has 0 spiro atoms. The van der Waals surface area contributed by atoms with E-state index in [-0.39, 0.29) is 31.3 Å². The number of aromatic nitrogens is 3. The van der Waals surface area contributed by atoms with E-state index in [0.717, 1.165) is 57.8 Å². The van der Waals surface area contributed by atoms with Gasteiger partial charge in [0.15, 0.2) is 0 Å². The smallest absolute Gasteiger partial charge is 0 e. The minimum absolute atomic E-state index is 0. The van der Waals surface area contributed by atoms with E-state index < -0.39 is 13.3 Å². The fourth-order valence-electron chi connectivity index (χ4n) is 7.82. The van der Waals surface area contributed by atoms with E-state index in [0.29, 0.717) is 16.7 Å². The van der Waals surface area contributed by atoms with Crippen molar-refractivity contribution >= 4 is 39.7 Å². The van der Waals surface area contributed by atoms with E-state index >= 15 is 0 Å². The molecule has 1 aliphatic rings. The molecule has 7 aromatic rings. The number of fused-ring (bicyclic) bond motifs is 3. The molecule has 1 radical (unpaired) electrons. The first-order valence-corrected chi connectivity index (χ1v) is 26.8. The van der Waals surface area contributed by atoms with Crippen molar-refractivity contribution in [1.82, 2.24) is 15.0 Å². The van der Waals surface area contributed by atoms with Gasteiger partial charge in [-0.1, -0.05) is 69.4 Å². The fraction of sp³-hybridized carbons (Fsp3) is 0.312. The van der Waals surface area contributed by atoms with E-state index in [1.165, 1.54) is 49.8 Å². The van der Waals surface area contributed by atoms with E-state index in [1.54, 1.807) is 16.2 Å². The van der Waals surface area contributed by atoms with Crippen LogP contribution in [0.2, 0.25) is 17.3 Å². The van der Waals surface area contributed by atoms with Crippen molar-refractivity contribution in [2.75, 3.05) is 0 Å². The molecule has 4 aromatic heterocycles. The second kappa shape index (κ2) is 17.4. The van der Waals surface area contributed by atoms with E-state index in [1.807, 2.05) is 48.7 Å². The maximum atomic E-state index is 14.4. The number of pyridine rings is 3. The molecule has 4 nitrogen and oxygen atoms in total. The van der Waals surface area contributed by atoms with Gasteiger partial charge in [0.05, 0.1) is 5.58 Å². The Hall–Kier alpha value is -3.97. The Morgan fingerprint density at radius 1 is 0.836 bits per heavy atom. The number of benzene rings is 3. The summed E-state index contributed by atoms with van der Waals surface area (Å²) in [5.41, 5.74) is 9.99. The van der Waals surface area contributed by atoms with Crippen molar-refractivity contribution in [3.63, 3.8) is 0 Å². The van der Waals surface area contributed by atoms with Gasteiger partial charge in [-0.25, -0.2) is 4.39 Å². The number of furan rings is 1. The van der Waals surface area contributed by atoms with Crippen LogP contribution < -0.4 is 4.40 Å². The van der Waals surface area contributed by atoms with Gasteiger partial charge in [0.2, 0.25) is 0 Å². The van der Waals surface area contributed by atoms with Gasteiger partial charge in [0.1, 0.15) is 11.4 Å². The summed E-state index contributed by atoms with van der Waals surface area (Å²) >= 11 is -1.87. The molecule has 0 N–H and O–H groups in total. The van der Waals surface area contributed by atoms with Crippen molar-refractivity contribution in [3.05, 3.63) is 133 Å². The molecule has 55 heavy (non-hydrogen) atoms. The van der Waals surface area contributed by atoms with Crippen molar-refractivity contribution in [1.29, 1.82) is 0 Å². The Labute approximate surface area is 342 Å². The minimum Gasteiger partial charge on any atom is 0 e. The molecule has 1 saturated carbocycles. The summed E-state index contributed by atoms with van der Waals surface area (Å²) in [6.45, 7) is 6.69. The molecule has 0 unspecified atom stereocenters. The third-order valence-electron chi connectivity index (χ3n) is 11.4. The molecule has 1 aliphatic carbocycles. The number of rotatable bonds is 9. The monoisotopic (exact) mass is 970 g/mol. The van der Waals surface area contributed by atoms with Gasteiger partial charge in [0, 0.05) is 43.3 Å². The molecule has 0 saturated heterocycles. The summed E-state index contributed by atoms with van der Waals surface area (Å²) in [5.74, 6) is 7.97. The van der Waals surface area contributed by atoms with Gasteiger partial charge in [0.25, 0.3) is 0 Å². The quantitative estimate of drug-likeness (QED) is 0.107. The number of halogens is 1. The van der Waals surface area contributed by atoms with E-state index in [4.69, 9.17) is 14.4 Å². The van der Waals surface area contributed by atoms with Crippen LogP contribution in [0.5, 0.6) is 0 Å². The maximum Gasteiger partial charge on any atom is 0 e. The van der Waals surface area contributed by atoms with E-state index in [2.05, 4.69) is 91.7 Å². The molecule has 8 rings (SSSR count). The Balaban J connectivity index is 0.000000196. The molecule has 0 atom stereocenters. The molecule has 1 fully saturated rings. The molecule has 0 bridgehead atoms. The molecule has 7 heteroatoms.